The number of benzene rings is 1. The highest BCUT2D eigenvalue weighted by atomic mass is 19.1. The quantitative estimate of drug-likeness (QED) is 0.892. The van der Waals surface area contributed by atoms with Crippen LogP contribution in [0.15, 0.2) is 18.2 Å². The first-order chi connectivity index (χ1) is 8.60. The Morgan fingerprint density at radius 3 is 2.78 bits per heavy atom. The highest BCUT2D eigenvalue weighted by Gasteiger charge is 2.22. The summed E-state index contributed by atoms with van der Waals surface area (Å²) in [5.74, 6) is 0.581. The van der Waals surface area contributed by atoms with Gasteiger partial charge in [-0.05, 0) is 42.5 Å². The first-order valence-corrected chi connectivity index (χ1v) is 6.82. The predicted molar refractivity (Wildman–Crippen MR) is 74.1 cm³/mol. The van der Waals surface area contributed by atoms with Crippen molar-refractivity contribution in [3.05, 3.63) is 29.6 Å². The third kappa shape index (κ3) is 3.02. The van der Waals surface area contributed by atoms with Crippen LogP contribution in [-0.2, 0) is 6.54 Å². The van der Waals surface area contributed by atoms with E-state index in [1.807, 2.05) is 6.07 Å². The molecule has 3 heteroatoms. The van der Waals surface area contributed by atoms with Gasteiger partial charge < -0.3 is 10.6 Å². The van der Waals surface area contributed by atoms with Gasteiger partial charge in [0.05, 0.1) is 0 Å². The van der Waals surface area contributed by atoms with Crippen LogP contribution in [-0.4, -0.2) is 13.1 Å². The molecule has 0 aromatic heterocycles. The molecular weight excluding hydrogens is 227 g/mol. The minimum Gasteiger partial charge on any atom is -0.372 e. The molecular formula is C15H23FN2. The van der Waals surface area contributed by atoms with Crippen molar-refractivity contribution in [3.63, 3.8) is 0 Å². The average molecular weight is 250 g/mol. The Labute approximate surface area is 109 Å². The second-order valence-electron chi connectivity index (χ2n) is 5.56. The molecule has 1 aromatic carbocycles. The number of nitrogens with zero attached hydrogens (tertiary/aromatic N) is 1. The maximum absolute atomic E-state index is 13.5. The summed E-state index contributed by atoms with van der Waals surface area (Å²) in [4.78, 5) is 2.22. The van der Waals surface area contributed by atoms with E-state index in [1.165, 1.54) is 31.7 Å². The van der Waals surface area contributed by atoms with E-state index in [4.69, 9.17) is 5.73 Å². The second-order valence-corrected chi connectivity index (χ2v) is 5.56. The highest BCUT2D eigenvalue weighted by Crippen LogP contribution is 2.30. The van der Waals surface area contributed by atoms with E-state index in [0.717, 1.165) is 17.2 Å². The Morgan fingerprint density at radius 2 is 2.11 bits per heavy atom. The van der Waals surface area contributed by atoms with Gasteiger partial charge in [0.25, 0.3) is 0 Å². The Bertz CT molecular complexity index is 405. The molecule has 2 rings (SSSR count). The Morgan fingerprint density at radius 1 is 1.33 bits per heavy atom. The van der Waals surface area contributed by atoms with Gasteiger partial charge in [0.1, 0.15) is 5.82 Å². The molecule has 0 spiro atoms. The molecule has 2 atom stereocenters. The van der Waals surface area contributed by atoms with Crippen LogP contribution >= 0.6 is 0 Å². The van der Waals surface area contributed by atoms with E-state index < -0.39 is 0 Å². The Balaban J connectivity index is 2.16. The molecule has 2 unspecified atom stereocenters. The lowest BCUT2D eigenvalue weighted by Crippen LogP contribution is -2.35. The van der Waals surface area contributed by atoms with Gasteiger partial charge >= 0.3 is 0 Å². The largest absolute Gasteiger partial charge is 0.372 e. The van der Waals surface area contributed by atoms with Crippen LogP contribution < -0.4 is 10.6 Å². The third-order valence-corrected chi connectivity index (χ3v) is 4.04. The third-order valence-electron chi connectivity index (χ3n) is 4.04. The van der Waals surface area contributed by atoms with Gasteiger partial charge in [-0.3, -0.25) is 0 Å². The molecule has 2 N–H and O–H groups in total. The fraction of sp³-hybridized carbons (Fsp3) is 0.600. The molecule has 0 bridgehead atoms. The van der Waals surface area contributed by atoms with Gasteiger partial charge in [0, 0.05) is 25.3 Å². The van der Waals surface area contributed by atoms with Crippen molar-refractivity contribution in [3.8, 4) is 0 Å². The summed E-state index contributed by atoms with van der Waals surface area (Å²) in [5, 5.41) is 0. The van der Waals surface area contributed by atoms with Crippen LogP contribution in [0.3, 0.4) is 0 Å². The summed E-state index contributed by atoms with van der Waals surface area (Å²) in [5.41, 5.74) is 7.42. The van der Waals surface area contributed by atoms with E-state index in [0.29, 0.717) is 12.6 Å². The lowest BCUT2D eigenvalue weighted by molar-refractivity contribution is 0.336. The lowest BCUT2D eigenvalue weighted by atomic mass is 9.86. The molecule has 0 radical (unpaired) electrons. The summed E-state index contributed by atoms with van der Waals surface area (Å²) in [7, 11) is 2.07. The maximum Gasteiger partial charge on any atom is 0.125 e. The molecule has 100 valence electrons. The van der Waals surface area contributed by atoms with Gasteiger partial charge in [0.15, 0.2) is 0 Å². The van der Waals surface area contributed by atoms with Gasteiger partial charge in [-0.2, -0.15) is 0 Å². The molecule has 2 nitrogen and oxygen atoms in total. The fourth-order valence-corrected chi connectivity index (χ4v) is 2.92. The van der Waals surface area contributed by atoms with E-state index >= 15 is 0 Å². The van der Waals surface area contributed by atoms with Crippen LogP contribution in [0.1, 0.15) is 38.2 Å². The molecule has 0 saturated heterocycles. The monoisotopic (exact) mass is 250 g/mol. The zero-order valence-electron chi connectivity index (χ0n) is 11.3. The summed E-state index contributed by atoms with van der Waals surface area (Å²) < 4.78 is 13.5. The van der Waals surface area contributed by atoms with Gasteiger partial charge in [-0.15, -0.1) is 0 Å². The standard InChI is InChI=1S/C15H23FN2/c1-11-4-3-5-14(6-11)18(2)15-8-12(10-17)7-13(16)9-15/h7-9,11,14H,3-6,10,17H2,1-2H3. The summed E-state index contributed by atoms with van der Waals surface area (Å²) in [6.07, 6.45) is 5.00. The average Bonchev–Trinajstić information content (AvgIpc) is 2.37. The number of rotatable bonds is 3. The molecule has 0 aliphatic heterocycles. The minimum atomic E-state index is -0.191. The number of anilines is 1. The van der Waals surface area contributed by atoms with E-state index in [-0.39, 0.29) is 5.82 Å². The zero-order chi connectivity index (χ0) is 13.1. The normalized spacial score (nSPS) is 24.0. The minimum absolute atomic E-state index is 0.191. The first kappa shape index (κ1) is 13.3. The number of hydrogen-bond donors (Lipinski definition) is 1. The van der Waals surface area contributed by atoms with Gasteiger partial charge in [-0.25, -0.2) is 4.39 Å². The number of halogens is 1. The SMILES string of the molecule is CC1CCCC(N(C)c2cc(F)cc(CN)c2)C1. The van der Waals surface area contributed by atoms with Crippen molar-refractivity contribution < 1.29 is 4.39 Å². The highest BCUT2D eigenvalue weighted by molar-refractivity contribution is 5.49. The molecule has 1 fully saturated rings. The van der Waals surface area contributed by atoms with Crippen molar-refractivity contribution >= 4 is 5.69 Å². The molecule has 0 amide bonds. The predicted octanol–water partition coefficient (Wildman–Crippen LogP) is 3.30. The number of nitrogens with two attached hydrogens (primary N) is 1. The topological polar surface area (TPSA) is 29.3 Å². The summed E-state index contributed by atoms with van der Waals surface area (Å²) >= 11 is 0. The Hall–Kier alpha value is -1.09. The van der Waals surface area contributed by atoms with Crippen molar-refractivity contribution in [1.29, 1.82) is 0 Å². The zero-order valence-corrected chi connectivity index (χ0v) is 11.3. The fourth-order valence-electron chi connectivity index (χ4n) is 2.92. The smallest absolute Gasteiger partial charge is 0.125 e. The van der Waals surface area contributed by atoms with Crippen molar-refractivity contribution in [2.75, 3.05) is 11.9 Å². The number of hydrogen-bond acceptors (Lipinski definition) is 2. The molecule has 18 heavy (non-hydrogen) atoms. The van der Waals surface area contributed by atoms with Crippen LogP contribution in [0.25, 0.3) is 0 Å². The molecule has 0 heterocycles. The first-order valence-electron chi connectivity index (χ1n) is 6.82. The molecule has 1 aromatic rings. The Kier molecular flexibility index (Phi) is 4.23. The maximum atomic E-state index is 13.5. The summed E-state index contributed by atoms with van der Waals surface area (Å²) in [6.45, 7) is 2.69. The van der Waals surface area contributed by atoms with E-state index in [9.17, 15) is 4.39 Å². The lowest BCUT2D eigenvalue weighted by Gasteiger charge is -2.35. The van der Waals surface area contributed by atoms with Crippen molar-refractivity contribution in [2.45, 2.75) is 45.2 Å². The van der Waals surface area contributed by atoms with Crippen LogP contribution in [0.5, 0.6) is 0 Å². The second kappa shape index (κ2) is 5.70. The van der Waals surface area contributed by atoms with Crippen molar-refractivity contribution in [2.24, 2.45) is 11.7 Å². The van der Waals surface area contributed by atoms with Crippen LogP contribution in [0, 0.1) is 11.7 Å². The summed E-state index contributed by atoms with van der Waals surface area (Å²) in [6, 6.07) is 5.66. The van der Waals surface area contributed by atoms with E-state index in [2.05, 4.69) is 18.9 Å². The van der Waals surface area contributed by atoms with Crippen LogP contribution in [0.2, 0.25) is 0 Å². The molecule has 1 aliphatic carbocycles. The van der Waals surface area contributed by atoms with Gasteiger partial charge in [0.2, 0.25) is 0 Å². The van der Waals surface area contributed by atoms with E-state index in [1.54, 1.807) is 6.07 Å². The van der Waals surface area contributed by atoms with Crippen LogP contribution in [0.4, 0.5) is 10.1 Å². The molecule has 1 aliphatic rings. The molecule has 1 saturated carbocycles. The van der Waals surface area contributed by atoms with Crippen molar-refractivity contribution in [1.82, 2.24) is 0 Å². The van der Waals surface area contributed by atoms with Gasteiger partial charge in [-0.1, -0.05) is 19.8 Å².